The van der Waals surface area contributed by atoms with Crippen LogP contribution in [0.25, 0.3) is 55.6 Å². The highest BCUT2D eigenvalue weighted by molar-refractivity contribution is 5.94. The van der Waals surface area contributed by atoms with Crippen LogP contribution in [-0.4, -0.2) is 0 Å². The summed E-state index contributed by atoms with van der Waals surface area (Å²) in [7, 11) is 0. The molecule has 0 atom stereocenters. The Kier molecular flexibility index (Phi) is 8.66. The molecule has 1 spiro atoms. The highest BCUT2D eigenvalue weighted by Gasteiger charge is 2.45. The van der Waals surface area contributed by atoms with Gasteiger partial charge >= 0.3 is 0 Å². The van der Waals surface area contributed by atoms with Crippen molar-refractivity contribution in [3.8, 4) is 55.6 Å². The number of benzene rings is 8. The van der Waals surface area contributed by atoms with Crippen molar-refractivity contribution in [1.82, 2.24) is 0 Å². The predicted molar refractivity (Wildman–Crippen MR) is 258 cm³/mol. The van der Waals surface area contributed by atoms with E-state index in [9.17, 15) is 0 Å². The molecule has 0 N–H and O–H groups in total. The molecule has 1 saturated carbocycles. The predicted octanol–water partition coefficient (Wildman–Crippen LogP) is 16.6. The molecule has 1 heteroatoms. The molecule has 0 aromatic heterocycles. The summed E-state index contributed by atoms with van der Waals surface area (Å²) in [4.78, 5) is 2.51. The summed E-state index contributed by atoms with van der Waals surface area (Å²) in [5, 5.41) is 0. The van der Waals surface area contributed by atoms with E-state index in [1.807, 2.05) is 0 Å². The molecular formula is C60H53N. The normalized spacial score (nSPS) is 15.3. The molecule has 298 valence electrons. The van der Waals surface area contributed by atoms with E-state index in [2.05, 4.69) is 222 Å². The Labute approximate surface area is 362 Å². The summed E-state index contributed by atoms with van der Waals surface area (Å²) < 4.78 is 0. The summed E-state index contributed by atoms with van der Waals surface area (Å²) in [5.41, 5.74) is 23.8. The second-order valence-electron chi connectivity index (χ2n) is 19.2. The third kappa shape index (κ3) is 5.88. The average Bonchev–Trinajstić information content (AvgIpc) is 3.96. The zero-order valence-electron chi connectivity index (χ0n) is 36.1. The smallest absolute Gasteiger partial charge is 0.0540 e. The van der Waals surface area contributed by atoms with Gasteiger partial charge in [-0.15, -0.1) is 0 Å². The fourth-order valence-corrected chi connectivity index (χ4v) is 11.4. The quantitative estimate of drug-likeness (QED) is 0.162. The van der Waals surface area contributed by atoms with Crippen LogP contribution in [-0.2, 0) is 16.2 Å². The summed E-state index contributed by atoms with van der Waals surface area (Å²) in [6, 6.07) is 68.9. The molecule has 0 bridgehead atoms. The fourth-order valence-electron chi connectivity index (χ4n) is 11.4. The van der Waals surface area contributed by atoms with Crippen molar-refractivity contribution in [1.29, 1.82) is 0 Å². The molecule has 0 aliphatic heterocycles. The Hall–Kier alpha value is -6.44. The van der Waals surface area contributed by atoms with Crippen LogP contribution in [0.4, 0.5) is 17.1 Å². The molecule has 3 aliphatic carbocycles. The number of para-hydroxylation sites is 1. The van der Waals surface area contributed by atoms with E-state index in [4.69, 9.17) is 0 Å². The minimum absolute atomic E-state index is 0.0804. The standard InChI is InChI=1S/C60H53N/c1-58(2,3)42-31-27-41(28-32-42)46-18-10-13-26-56(46)61(44-35-36-50-48-20-9-12-25-54(48)60(55(50)39-44)37-14-15-38-60)43-33-29-40(30-34-43)45-17-6-7-19-47(45)51-22-16-23-52-49-21-8-11-24-53(49)59(4,5)57(51)52/h6-13,16-36,39H,14-15,37-38H2,1-5H3. The number of rotatable bonds is 6. The van der Waals surface area contributed by atoms with Gasteiger partial charge in [0.25, 0.3) is 0 Å². The second kappa shape index (κ2) is 14.1. The Bertz CT molecular complexity index is 2970. The third-order valence-electron chi connectivity index (χ3n) is 14.4. The summed E-state index contributed by atoms with van der Waals surface area (Å²) >= 11 is 0. The first-order valence-corrected chi connectivity index (χ1v) is 22.3. The van der Waals surface area contributed by atoms with Crippen LogP contribution in [0.1, 0.15) is 88.1 Å². The van der Waals surface area contributed by atoms with E-state index in [0.29, 0.717) is 0 Å². The molecular weight excluding hydrogens is 735 g/mol. The highest BCUT2D eigenvalue weighted by Crippen LogP contribution is 2.58. The van der Waals surface area contributed by atoms with Crippen molar-refractivity contribution >= 4 is 17.1 Å². The van der Waals surface area contributed by atoms with Crippen LogP contribution in [0.5, 0.6) is 0 Å². The van der Waals surface area contributed by atoms with E-state index >= 15 is 0 Å². The molecule has 0 saturated heterocycles. The van der Waals surface area contributed by atoms with E-state index in [0.717, 1.165) is 5.69 Å². The molecule has 8 aromatic carbocycles. The Morgan fingerprint density at radius 1 is 0.410 bits per heavy atom. The zero-order valence-corrected chi connectivity index (χ0v) is 36.1. The van der Waals surface area contributed by atoms with Crippen LogP contribution in [0.3, 0.4) is 0 Å². The largest absolute Gasteiger partial charge is 0.310 e. The van der Waals surface area contributed by atoms with Gasteiger partial charge in [-0.3, -0.25) is 0 Å². The minimum atomic E-state index is -0.102. The summed E-state index contributed by atoms with van der Waals surface area (Å²) in [6.07, 6.45) is 4.96. The van der Waals surface area contributed by atoms with Gasteiger partial charge in [-0.2, -0.15) is 0 Å². The molecule has 8 aromatic rings. The second-order valence-corrected chi connectivity index (χ2v) is 19.2. The van der Waals surface area contributed by atoms with E-state index in [1.165, 1.54) is 121 Å². The van der Waals surface area contributed by atoms with E-state index in [-0.39, 0.29) is 16.2 Å². The van der Waals surface area contributed by atoms with Gasteiger partial charge in [-0.05, 0) is 126 Å². The number of fused-ring (bicyclic) bond motifs is 8. The van der Waals surface area contributed by atoms with Crippen molar-refractivity contribution in [3.05, 3.63) is 210 Å². The fraction of sp³-hybridized carbons (Fsp3) is 0.200. The van der Waals surface area contributed by atoms with Crippen molar-refractivity contribution in [2.24, 2.45) is 0 Å². The van der Waals surface area contributed by atoms with Crippen molar-refractivity contribution < 1.29 is 0 Å². The van der Waals surface area contributed by atoms with Gasteiger partial charge in [0.1, 0.15) is 0 Å². The molecule has 0 radical (unpaired) electrons. The van der Waals surface area contributed by atoms with Crippen LogP contribution in [0.2, 0.25) is 0 Å². The lowest BCUT2D eigenvalue weighted by atomic mass is 9.76. The van der Waals surface area contributed by atoms with Gasteiger partial charge in [0.2, 0.25) is 0 Å². The van der Waals surface area contributed by atoms with Crippen LogP contribution >= 0.6 is 0 Å². The number of nitrogens with zero attached hydrogens (tertiary/aromatic N) is 1. The Morgan fingerprint density at radius 3 is 1.59 bits per heavy atom. The maximum atomic E-state index is 2.54. The third-order valence-corrected chi connectivity index (χ3v) is 14.4. The highest BCUT2D eigenvalue weighted by atomic mass is 15.1. The van der Waals surface area contributed by atoms with Gasteiger partial charge in [-0.25, -0.2) is 0 Å². The first-order chi connectivity index (χ1) is 29.6. The van der Waals surface area contributed by atoms with Crippen molar-refractivity contribution in [2.75, 3.05) is 4.90 Å². The molecule has 0 unspecified atom stereocenters. The van der Waals surface area contributed by atoms with Crippen LogP contribution < -0.4 is 4.90 Å². The van der Waals surface area contributed by atoms with Gasteiger partial charge in [-0.1, -0.05) is 199 Å². The topological polar surface area (TPSA) is 3.24 Å². The van der Waals surface area contributed by atoms with Crippen LogP contribution in [0, 0.1) is 0 Å². The lowest BCUT2D eigenvalue weighted by Crippen LogP contribution is -2.21. The Morgan fingerprint density at radius 2 is 0.902 bits per heavy atom. The maximum Gasteiger partial charge on any atom is 0.0540 e. The van der Waals surface area contributed by atoms with Crippen molar-refractivity contribution in [3.63, 3.8) is 0 Å². The summed E-state index contributed by atoms with van der Waals surface area (Å²) in [6.45, 7) is 11.6. The molecule has 0 amide bonds. The zero-order chi connectivity index (χ0) is 41.5. The van der Waals surface area contributed by atoms with Gasteiger partial charge in [0.05, 0.1) is 5.69 Å². The SMILES string of the molecule is CC(C)(C)c1ccc(-c2ccccc2N(c2ccc(-c3ccccc3-c3cccc4c3C(C)(C)c3ccccc3-4)cc2)c2ccc3c(c2)C2(CCCC2)c2ccccc2-3)cc1. The lowest BCUT2D eigenvalue weighted by Gasteiger charge is -2.31. The summed E-state index contributed by atoms with van der Waals surface area (Å²) in [5.74, 6) is 0. The molecule has 61 heavy (non-hydrogen) atoms. The maximum absolute atomic E-state index is 2.54. The number of hydrogen-bond donors (Lipinski definition) is 0. The van der Waals surface area contributed by atoms with E-state index in [1.54, 1.807) is 0 Å². The molecule has 1 fully saturated rings. The first-order valence-electron chi connectivity index (χ1n) is 22.3. The van der Waals surface area contributed by atoms with Crippen molar-refractivity contribution in [2.45, 2.75) is 76.5 Å². The van der Waals surface area contributed by atoms with Gasteiger partial charge in [0, 0.05) is 27.8 Å². The number of anilines is 3. The monoisotopic (exact) mass is 787 g/mol. The lowest BCUT2D eigenvalue weighted by molar-refractivity contribution is 0.550. The van der Waals surface area contributed by atoms with E-state index < -0.39 is 0 Å². The Balaban J connectivity index is 1.05. The minimum Gasteiger partial charge on any atom is -0.310 e. The van der Waals surface area contributed by atoms with Gasteiger partial charge in [0.15, 0.2) is 0 Å². The molecule has 11 rings (SSSR count). The van der Waals surface area contributed by atoms with Gasteiger partial charge < -0.3 is 4.90 Å². The average molecular weight is 788 g/mol. The molecule has 3 aliphatic rings. The molecule has 0 heterocycles. The van der Waals surface area contributed by atoms with Crippen LogP contribution in [0.15, 0.2) is 182 Å². The number of hydrogen-bond acceptors (Lipinski definition) is 1. The first kappa shape index (κ1) is 37.6. The molecule has 1 nitrogen and oxygen atoms in total.